The quantitative estimate of drug-likeness (QED) is 0.493. The summed E-state index contributed by atoms with van der Waals surface area (Å²) < 4.78 is 6.29. The smallest absolute Gasteiger partial charge is 0.410 e. The number of piperazine rings is 1. The van der Waals surface area contributed by atoms with Crippen LogP contribution in [0, 0.1) is 0 Å². The van der Waals surface area contributed by atoms with E-state index < -0.39 is 11.6 Å². The molecule has 0 saturated carbocycles. The summed E-state index contributed by atoms with van der Waals surface area (Å²) in [4.78, 5) is 37.0. The third kappa shape index (κ3) is 4.97. The number of fused-ring (bicyclic) bond motifs is 3. The molecule has 9 nitrogen and oxygen atoms in total. The predicted octanol–water partition coefficient (Wildman–Crippen LogP) is 3.90. The molecule has 2 aliphatic heterocycles. The van der Waals surface area contributed by atoms with E-state index in [0.29, 0.717) is 39.3 Å². The molecular formula is C26H31BrN6O3. The van der Waals surface area contributed by atoms with E-state index in [0.717, 1.165) is 33.2 Å². The summed E-state index contributed by atoms with van der Waals surface area (Å²) >= 11 is 3.61. The normalized spacial score (nSPS) is 17.7. The zero-order valence-corrected chi connectivity index (χ0v) is 22.4. The van der Waals surface area contributed by atoms with Crippen molar-refractivity contribution < 1.29 is 14.3 Å². The maximum absolute atomic E-state index is 14.1. The van der Waals surface area contributed by atoms with Gasteiger partial charge >= 0.3 is 6.09 Å². The van der Waals surface area contributed by atoms with Gasteiger partial charge in [0.15, 0.2) is 5.65 Å². The topological polar surface area (TPSA) is 94.7 Å². The number of carbonyl (C=O) groups is 2. The van der Waals surface area contributed by atoms with Crippen LogP contribution in [0.4, 0.5) is 4.79 Å². The van der Waals surface area contributed by atoms with Crippen LogP contribution in [0.2, 0.25) is 0 Å². The van der Waals surface area contributed by atoms with Gasteiger partial charge in [0.25, 0.3) is 0 Å². The number of benzene rings is 1. The molecule has 1 fully saturated rings. The Morgan fingerprint density at radius 3 is 2.44 bits per heavy atom. The van der Waals surface area contributed by atoms with Crippen LogP contribution in [0.25, 0.3) is 11.0 Å². The van der Waals surface area contributed by atoms with E-state index in [9.17, 15) is 9.59 Å². The van der Waals surface area contributed by atoms with Gasteiger partial charge in [0.05, 0.1) is 6.20 Å². The number of halogens is 1. The van der Waals surface area contributed by atoms with Gasteiger partial charge in [0.2, 0.25) is 5.91 Å². The molecule has 0 aliphatic carbocycles. The van der Waals surface area contributed by atoms with Crippen LogP contribution < -0.4 is 0 Å². The lowest BCUT2D eigenvalue weighted by molar-refractivity contribution is -0.139. The zero-order chi connectivity index (χ0) is 25.4. The highest BCUT2D eigenvalue weighted by Gasteiger charge is 2.36. The molecule has 4 heterocycles. The van der Waals surface area contributed by atoms with Crippen LogP contribution in [0.1, 0.15) is 43.5 Å². The van der Waals surface area contributed by atoms with Crippen molar-refractivity contribution in [2.24, 2.45) is 0 Å². The second-order valence-electron chi connectivity index (χ2n) is 10.3. The van der Waals surface area contributed by atoms with Crippen LogP contribution in [0.15, 0.2) is 41.1 Å². The van der Waals surface area contributed by atoms with E-state index in [-0.39, 0.29) is 12.0 Å². The molecule has 2 aliphatic rings. The molecule has 0 radical (unpaired) electrons. The summed E-state index contributed by atoms with van der Waals surface area (Å²) in [5, 5.41) is 8.09. The lowest BCUT2D eigenvalue weighted by Gasteiger charge is -2.41. The molecular weight excluding hydrogens is 524 g/mol. The summed E-state index contributed by atoms with van der Waals surface area (Å²) in [5.74, 6) is 0.0664. The molecule has 10 heteroatoms. The van der Waals surface area contributed by atoms with Crippen molar-refractivity contribution in [2.45, 2.75) is 45.4 Å². The van der Waals surface area contributed by atoms with Gasteiger partial charge in [0, 0.05) is 50.2 Å². The number of aromatic nitrogens is 3. The van der Waals surface area contributed by atoms with Crippen LogP contribution >= 0.6 is 15.9 Å². The molecule has 0 bridgehead atoms. The lowest BCUT2D eigenvalue weighted by atomic mass is 9.97. The number of H-pyrrole nitrogens is 1. The monoisotopic (exact) mass is 554 g/mol. The van der Waals surface area contributed by atoms with Crippen LogP contribution in [-0.4, -0.2) is 80.2 Å². The fourth-order valence-corrected chi connectivity index (χ4v) is 5.54. The standard InChI is InChI=1S/C26H31BrN6O3/c1-26(2,3)36-25(35)32-13-11-31(12-14-32)21(17-7-5-4-6-8-17)24(34)33-10-9-18-19-15-28-30-23(19)29-22(27)20(18)16-33/h4-8,15,21H,9-14,16H2,1-3H3,(H,28,29,30). The lowest BCUT2D eigenvalue weighted by Crippen LogP contribution is -2.54. The fourth-order valence-electron chi connectivity index (χ4n) is 5.00. The molecule has 3 aromatic rings. The molecule has 1 saturated heterocycles. The Hall–Kier alpha value is -2.98. The molecule has 5 rings (SSSR count). The van der Waals surface area contributed by atoms with Gasteiger partial charge in [-0.3, -0.25) is 14.8 Å². The van der Waals surface area contributed by atoms with E-state index in [4.69, 9.17) is 4.74 Å². The van der Waals surface area contributed by atoms with E-state index >= 15 is 0 Å². The van der Waals surface area contributed by atoms with Gasteiger partial charge < -0.3 is 14.5 Å². The first-order valence-electron chi connectivity index (χ1n) is 12.3. The maximum Gasteiger partial charge on any atom is 0.410 e. The highest BCUT2D eigenvalue weighted by molar-refractivity contribution is 9.10. The van der Waals surface area contributed by atoms with Crippen LogP contribution in [0.5, 0.6) is 0 Å². The Kier molecular flexibility index (Phi) is 6.74. The number of rotatable bonds is 3. The van der Waals surface area contributed by atoms with Gasteiger partial charge in [-0.2, -0.15) is 5.10 Å². The molecule has 36 heavy (non-hydrogen) atoms. The summed E-state index contributed by atoms with van der Waals surface area (Å²) in [6, 6.07) is 9.49. The Balaban J connectivity index is 1.36. The third-order valence-electron chi connectivity index (χ3n) is 6.74. The molecule has 1 aromatic carbocycles. The average Bonchev–Trinajstić information content (AvgIpc) is 3.32. The minimum absolute atomic E-state index is 0.0664. The number of amides is 2. The third-order valence-corrected chi connectivity index (χ3v) is 7.40. The number of nitrogens with zero attached hydrogens (tertiary/aromatic N) is 5. The number of nitrogens with one attached hydrogen (secondary N) is 1. The van der Waals surface area contributed by atoms with Gasteiger partial charge in [-0.15, -0.1) is 0 Å². The number of hydrogen-bond acceptors (Lipinski definition) is 6. The second-order valence-corrected chi connectivity index (χ2v) is 11.1. The van der Waals surface area contributed by atoms with E-state index in [1.165, 1.54) is 5.56 Å². The SMILES string of the molecule is CC(C)(C)OC(=O)N1CCN(C(C(=O)N2CCc3c(c(Br)nc4[nH]ncc34)C2)c2ccccc2)CC1. The summed E-state index contributed by atoms with van der Waals surface area (Å²) in [5.41, 5.74) is 3.40. The first-order valence-corrected chi connectivity index (χ1v) is 13.1. The maximum atomic E-state index is 14.1. The molecule has 1 N–H and O–H groups in total. The summed E-state index contributed by atoms with van der Waals surface area (Å²) in [6.07, 6.45) is 2.24. The fraction of sp³-hybridized carbons (Fsp3) is 0.462. The highest BCUT2D eigenvalue weighted by atomic mass is 79.9. The number of hydrogen-bond donors (Lipinski definition) is 1. The highest BCUT2D eigenvalue weighted by Crippen LogP contribution is 2.33. The van der Waals surface area contributed by atoms with Crippen molar-refractivity contribution in [3.8, 4) is 0 Å². The zero-order valence-electron chi connectivity index (χ0n) is 20.8. The Labute approximate surface area is 218 Å². The Bertz CT molecular complexity index is 1260. The van der Waals surface area contributed by atoms with E-state index in [1.807, 2.05) is 62.2 Å². The molecule has 2 aromatic heterocycles. The minimum atomic E-state index is -0.535. The molecule has 1 unspecified atom stereocenters. The number of pyridine rings is 1. The molecule has 1 atom stereocenters. The molecule has 0 spiro atoms. The van der Waals surface area contributed by atoms with Gasteiger partial charge in [0.1, 0.15) is 16.2 Å². The van der Waals surface area contributed by atoms with Crippen LogP contribution in [-0.2, 0) is 22.5 Å². The predicted molar refractivity (Wildman–Crippen MR) is 139 cm³/mol. The second kappa shape index (κ2) is 9.82. The summed E-state index contributed by atoms with van der Waals surface area (Å²) in [6.45, 7) is 8.94. The Morgan fingerprint density at radius 1 is 1.03 bits per heavy atom. The Morgan fingerprint density at radius 2 is 1.75 bits per heavy atom. The number of carbonyl (C=O) groups excluding carboxylic acids is 2. The van der Waals surface area contributed by atoms with E-state index in [1.54, 1.807) is 4.90 Å². The molecule has 2 amide bonds. The van der Waals surface area contributed by atoms with Crippen molar-refractivity contribution in [1.82, 2.24) is 29.9 Å². The average molecular weight is 555 g/mol. The van der Waals surface area contributed by atoms with Crippen LogP contribution in [0.3, 0.4) is 0 Å². The first-order chi connectivity index (χ1) is 17.2. The van der Waals surface area contributed by atoms with Crippen molar-refractivity contribution in [1.29, 1.82) is 0 Å². The van der Waals surface area contributed by atoms with Crippen molar-refractivity contribution in [3.05, 3.63) is 57.8 Å². The minimum Gasteiger partial charge on any atom is -0.444 e. The number of ether oxygens (including phenoxy) is 1. The van der Waals surface area contributed by atoms with Crippen molar-refractivity contribution >= 4 is 39.0 Å². The largest absolute Gasteiger partial charge is 0.444 e. The molecule has 190 valence electrons. The van der Waals surface area contributed by atoms with Crippen molar-refractivity contribution in [3.63, 3.8) is 0 Å². The van der Waals surface area contributed by atoms with Gasteiger partial charge in [-0.25, -0.2) is 9.78 Å². The first kappa shape index (κ1) is 24.7. The van der Waals surface area contributed by atoms with Gasteiger partial charge in [-0.1, -0.05) is 30.3 Å². The van der Waals surface area contributed by atoms with Gasteiger partial charge in [-0.05, 0) is 54.2 Å². The summed E-state index contributed by atoms with van der Waals surface area (Å²) in [7, 11) is 0. The van der Waals surface area contributed by atoms with Crippen molar-refractivity contribution in [2.75, 3.05) is 32.7 Å². The number of aromatic amines is 1. The van der Waals surface area contributed by atoms with E-state index in [2.05, 4.69) is 36.0 Å².